The number of thioether (sulfide) groups is 1. The maximum atomic E-state index is 13.3. The molecule has 88 valence electrons. The number of anilines is 1. The highest BCUT2D eigenvalue weighted by molar-refractivity contribution is 7.99. The van der Waals surface area contributed by atoms with Gasteiger partial charge in [0.1, 0.15) is 5.82 Å². The molecular formula is C14H14FNS. The van der Waals surface area contributed by atoms with E-state index in [-0.39, 0.29) is 5.82 Å². The molecule has 17 heavy (non-hydrogen) atoms. The third kappa shape index (κ3) is 3.79. The van der Waals surface area contributed by atoms with Crippen molar-refractivity contribution in [3.63, 3.8) is 0 Å². The van der Waals surface area contributed by atoms with Gasteiger partial charge in [-0.15, -0.1) is 11.8 Å². The van der Waals surface area contributed by atoms with Crippen LogP contribution in [0, 0.1) is 5.82 Å². The number of nitrogens with one attached hydrogen (secondary N) is 1. The van der Waals surface area contributed by atoms with Crippen LogP contribution in [0.15, 0.2) is 59.5 Å². The summed E-state index contributed by atoms with van der Waals surface area (Å²) in [6.45, 7) is 0.822. The van der Waals surface area contributed by atoms with E-state index in [1.807, 2.05) is 42.5 Å². The van der Waals surface area contributed by atoms with Gasteiger partial charge in [-0.25, -0.2) is 4.39 Å². The Labute approximate surface area is 105 Å². The average molecular weight is 247 g/mol. The van der Waals surface area contributed by atoms with Crippen LogP contribution in [0.25, 0.3) is 0 Å². The van der Waals surface area contributed by atoms with Gasteiger partial charge in [-0.1, -0.05) is 30.3 Å². The second kappa shape index (κ2) is 6.30. The topological polar surface area (TPSA) is 12.0 Å². The number of hydrogen-bond acceptors (Lipinski definition) is 2. The molecule has 0 amide bonds. The van der Waals surface area contributed by atoms with E-state index in [1.165, 1.54) is 17.8 Å². The fourth-order valence-corrected chi connectivity index (χ4v) is 2.28. The third-order valence-electron chi connectivity index (χ3n) is 2.30. The summed E-state index contributed by atoms with van der Waals surface area (Å²) in [5, 5.41) is 3.29. The maximum Gasteiger partial charge on any atom is 0.136 e. The number of benzene rings is 2. The summed E-state index contributed by atoms with van der Waals surface area (Å²) < 4.78 is 13.3. The molecular weight excluding hydrogens is 233 g/mol. The number of hydrogen-bond donors (Lipinski definition) is 1. The highest BCUT2D eigenvalue weighted by atomic mass is 32.2. The zero-order chi connectivity index (χ0) is 11.9. The predicted molar refractivity (Wildman–Crippen MR) is 72.1 cm³/mol. The van der Waals surface area contributed by atoms with Gasteiger partial charge in [-0.05, 0) is 24.3 Å². The lowest BCUT2D eigenvalue weighted by atomic mass is 10.3. The lowest BCUT2D eigenvalue weighted by Gasteiger charge is -2.06. The zero-order valence-corrected chi connectivity index (χ0v) is 10.2. The van der Waals surface area contributed by atoms with Gasteiger partial charge in [0.15, 0.2) is 0 Å². The monoisotopic (exact) mass is 247 g/mol. The molecule has 2 rings (SSSR count). The first-order valence-corrected chi connectivity index (χ1v) is 6.51. The van der Waals surface area contributed by atoms with Crippen molar-refractivity contribution in [2.75, 3.05) is 17.6 Å². The highest BCUT2D eigenvalue weighted by Crippen LogP contribution is 2.20. The lowest BCUT2D eigenvalue weighted by molar-refractivity contribution is 0.602. The smallest absolute Gasteiger partial charge is 0.136 e. The first-order chi connectivity index (χ1) is 8.36. The summed E-state index contributed by atoms with van der Waals surface area (Å²) in [7, 11) is 0. The van der Waals surface area contributed by atoms with Crippen molar-refractivity contribution in [3.05, 3.63) is 60.4 Å². The van der Waals surface area contributed by atoms with Gasteiger partial charge in [-0.2, -0.15) is 0 Å². The molecule has 0 radical (unpaired) electrons. The van der Waals surface area contributed by atoms with Crippen LogP contribution < -0.4 is 5.32 Å². The highest BCUT2D eigenvalue weighted by Gasteiger charge is 2.00. The van der Waals surface area contributed by atoms with Crippen molar-refractivity contribution < 1.29 is 4.39 Å². The van der Waals surface area contributed by atoms with Gasteiger partial charge < -0.3 is 5.32 Å². The van der Waals surface area contributed by atoms with Gasteiger partial charge in [0.05, 0.1) is 0 Å². The number of halogens is 1. The molecule has 1 nitrogen and oxygen atoms in total. The molecule has 0 unspecified atom stereocenters. The summed E-state index contributed by atoms with van der Waals surface area (Å²) >= 11 is 1.53. The molecule has 1 N–H and O–H groups in total. The van der Waals surface area contributed by atoms with Crippen molar-refractivity contribution in [1.82, 2.24) is 0 Å². The van der Waals surface area contributed by atoms with Crippen molar-refractivity contribution in [2.24, 2.45) is 0 Å². The molecule has 0 saturated carbocycles. The fourth-order valence-electron chi connectivity index (χ4n) is 1.47. The summed E-state index contributed by atoms with van der Waals surface area (Å²) in [4.78, 5) is 0.711. The van der Waals surface area contributed by atoms with E-state index < -0.39 is 0 Å². The van der Waals surface area contributed by atoms with Gasteiger partial charge in [0, 0.05) is 22.9 Å². The third-order valence-corrected chi connectivity index (χ3v) is 3.35. The molecule has 0 aromatic heterocycles. The minimum Gasteiger partial charge on any atom is -0.384 e. The van der Waals surface area contributed by atoms with E-state index in [2.05, 4.69) is 5.32 Å². The molecule has 0 heterocycles. The fraction of sp³-hybridized carbons (Fsp3) is 0.143. The van der Waals surface area contributed by atoms with E-state index >= 15 is 0 Å². The predicted octanol–water partition coefficient (Wildman–Crippen LogP) is 4.03. The molecule has 0 bridgehead atoms. The number of para-hydroxylation sites is 1. The molecule has 0 aliphatic rings. The van der Waals surface area contributed by atoms with Crippen LogP contribution in [-0.4, -0.2) is 12.3 Å². The second-order valence-electron chi connectivity index (χ2n) is 3.57. The molecule has 3 heteroatoms. The van der Waals surface area contributed by atoms with Crippen LogP contribution in [0.4, 0.5) is 10.1 Å². The minimum absolute atomic E-state index is 0.141. The van der Waals surface area contributed by atoms with Crippen molar-refractivity contribution >= 4 is 17.4 Å². The lowest BCUT2D eigenvalue weighted by Crippen LogP contribution is -2.03. The molecule has 0 saturated heterocycles. The zero-order valence-electron chi connectivity index (χ0n) is 9.40. The Bertz CT molecular complexity index is 459. The van der Waals surface area contributed by atoms with Crippen LogP contribution >= 0.6 is 11.8 Å². The molecule has 0 atom stereocenters. The normalized spacial score (nSPS) is 10.2. The Hall–Kier alpha value is -1.48. The van der Waals surface area contributed by atoms with Crippen molar-refractivity contribution in [2.45, 2.75) is 4.90 Å². The molecule has 2 aromatic carbocycles. The van der Waals surface area contributed by atoms with Crippen LogP contribution in [0.1, 0.15) is 0 Å². The Morgan fingerprint density at radius 3 is 2.41 bits per heavy atom. The summed E-state index contributed by atoms with van der Waals surface area (Å²) in [6, 6.07) is 16.9. The van der Waals surface area contributed by atoms with E-state index in [0.717, 1.165) is 18.0 Å². The molecule has 2 aromatic rings. The summed E-state index contributed by atoms with van der Waals surface area (Å²) in [5.74, 6) is 0.702. The summed E-state index contributed by atoms with van der Waals surface area (Å²) in [5.41, 5.74) is 1.10. The number of rotatable bonds is 5. The Kier molecular flexibility index (Phi) is 4.45. The van der Waals surface area contributed by atoms with Crippen LogP contribution in [0.3, 0.4) is 0 Å². The van der Waals surface area contributed by atoms with Crippen LogP contribution in [-0.2, 0) is 0 Å². The quantitative estimate of drug-likeness (QED) is 0.632. The van der Waals surface area contributed by atoms with Gasteiger partial charge in [0.25, 0.3) is 0 Å². The molecule has 0 spiro atoms. The van der Waals surface area contributed by atoms with Gasteiger partial charge in [0.2, 0.25) is 0 Å². The van der Waals surface area contributed by atoms with Crippen LogP contribution in [0.5, 0.6) is 0 Å². The molecule has 0 fully saturated rings. The van der Waals surface area contributed by atoms with Gasteiger partial charge in [-0.3, -0.25) is 0 Å². The standard InChI is InChI=1S/C14H14FNS/c15-13-8-4-5-9-14(13)17-11-10-16-12-6-2-1-3-7-12/h1-9,16H,10-11H2. The first kappa shape index (κ1) is 12.0. The summed E-state index contributed by atoms with van der Waals surface area (Å²) in [6.07, 6.45) is 0. The SMILES string of the molecule is Fc1ccccc1SCCNc1ccccc1. The van der Waals surface area contributed by atoms with Gasteiger partial charge >= 0.3 is 0 Å². The van der Waals surface area contributed by atoms with E-state index in [1.54, 1.807) is 6.07 Å². The largest absolute Gasteiger partial charge is 0.384 e. The van der Waals surface area contributed by atoms with E-state index in [0.29, 0.717) is 4.90 Å². The average Bonchev–Trinajstić information content (AvgIpc) is 2.38. The van der Waals surface area contributed by atoms with Crippen LogP contribution in [0.2, 0.25) is 0 Å². The Balaban J connectivity index is 1.76. The minimum atomic E-state index is -0.141. The first-order valence-electron chi connectivity index (χ1n) is 5.52. The maximum absolute atomic E-state index is 13.3. The van der Waals surface area contributed by atoms with Crippen molar-refractivity contribution in [1.29, 1.82) is 0 Å². The second-order valence-corrected chi connectivity index (χ2v) is 4.71. The molecule has 0 aliphatic carbocycles. The van der Waals surface area contributed by atoms with E-state index in [9.17, 15) is 4.39 Å². The molecule has 0 aliphatic heterocycles. The Morgan fingerprint density at radius 2 is 1.65 bits per heavy atom. The Morgan fingerprint density at radius 1 is 0.941 bits per heavy atom. The van der Waals surface area contributed by atoms with Crippen molar-refractivity contribution in [3.8, 4) is 0 Å². The van der Waals surface area contributed by atoms with E-state index in [4.69, 9.17) is 0 Å².